The molecule has 0 aliphatic carbocycles. The van der Waals surface area contributed by atoms with Gasteiger partial charge in [-0.2, -0.15) is 0 Å². The van der Waals surface area contributed by atoms with E-state index in [-0.39, 0.29) is 11.6 Å². The number of cyclic esters (lactones) is 1. The summed E-state index contributed by atoms with van der Waals surface area (Å²) in [6, 6.07) is 15.9. The van der Waals surface area contributed by atoms with Crippen molar-refractivity contribution in [3.05, 3.63) is 75.8 Å². The van der Waals surface area contributed by atoms with Gasteiger partial charge >= 0.3 is 5.97 Å². The Labute approximate surface area is 163 Å². The van der Waals surface area contributed by atoms with E-state index in [1.165, 1.54) is 0 Å². The quantitative estimate of drug-likeness (QED) is 0.415. The predicted molar refractivity (Wildman–Crippen MR) is 104 cm³/mol. The minimum absolute atomic E-state index is 0.162. The van der Waals surface area contributed by atoms with Crippen molar-refractivity contribution < 1.29 is 19.2 Å². The summed E-state index contributed by atoms with van der Waals surface area (Å²) in [6.07, 6.45) is 0. The van der Waals surface area contributed by atoms with E-state index in [2.05, 4.69) is 4.99 Å². The van der Waals surface area contributed by atoms with Crippen LogP contribution in [0.1, 0.15) is 30.9 Å². The molecule has 0 radical (unpaired) electrons. The topological polar surface area (TPSA) is 91.0 Å². The summed E-state index contributed by atoms with van der Waals surface area (Å²) in [7, 11) is 1.55. The lowest BCUT2D eigenvalue weighted by Gasteiger charge is -2.32. The van der Waals surface area contributed by atoms with Gasteiger partial charge in [0.15, 0.2) is 0 Å². The number of methoxy groups -OCH3 is 1. The number of hydrogen-bond acceptors (Lipinski definition) is 6. The number of ether oxygens (including phenoxy) is 2. The molecule has 0 saturated heterocycles. The van der Waals surface area contributed by atoms with E-state index in [4.69, 9.17) is 9.47 Å². The normalized spacial score (nSPS) is 19.9. The van der Waals surface area contributed by atoms with Gasteiger partial charge in [0.1, 0.15) is 17.4 Å². The summed E-state index contributed by atoms with van der Waals surface area (Å²) >= 11 is 0. The monoisotopic (exact) mass is 382 g/mol. The first-order valence-electron chi connectivity index (χ1n) is 9.01. The largest absolute Gasteiger partial charge is 0.497 e. The third-order valence-corrected chi connectivity index (χ3v) is 4.80. The molecule has 0 N–H and O–H groups in total. The Bertz CT molecular complexity index is 893. The number of hydrogen-bond donors (Lipinski definition) is 0. The number of rotatable bonds is 7. The molecule has 0 bridgehead atoms. The molecule has 0 spiro atoms. The first kappa shape index (κ1) is 19.5. The Hall–Kier alpha value is -3.22. The molecule has 7 nitrogen and oxygen atoms in total. The van der Waals surface area contributed by atoms with E-state index in [1.807, 2.05) is 19.9 Å². The Balaban J connectivity index is 2.20. The molecule has 2 aromatic carbocycles. The van der Waals surface area contributed by atoms with Crippen LogP contribution in [0.2, 0.25) is 0 Å². The maximum absolute atomic E-state index is 12.6. The zero-order chi connectivity index (χ0) is 20.3. The first-order chi connectivity index (χ1) is 13.4. The Morgan fingerprint density at radius 2 is 1.79 bits per heavy atom. The summed E-state index contributed by atoms with van der Waals surface area (Å²) in [5.74, 6) is -0.867. The van der Waals surface area contributed by atoms with Crippen LogP contribution in [0.5, 0.6) is 5.75 Å². The van der Waals surface area contributed by atoms with E-state index in [0.29, 0.717) is 16.9 Å². The molecule has 1 aliphatic rings. The van der Waals surface area contributed by atoms with Crippen LogP contribution in [0.3, 0.4) is 0 Å². The van der Waals surface area contributed by atoms with E-state index in [0.717, 1.165) is 0 Å². The molecule has 1 heterocycles. The smallest absolute Gasteiger partial charge is 0.355 e. The van der Waals surface area contributed by atoms with Crippen molar-refractivity contribution in [2.24, 2.45) is 10.9 Å². The van der Waals surface area contributed by atoms with Gasteiger partial charge in [-0.05, 0) is 17.7 Å². The maximum atomic E-state index is 12.6. The van der Waals surface area contributed by atoms with Gasteiger partial charge in [0.25, 0.3) is 0 Å². The van der Waals surface area contributed by atoms with Crippen LogP contribution in [0.15, 0.2) is 59.6 Å². The molecule has 0 aromatic heterocycles. The highest BCUT2D eigenvalue weighted by Gasteiger charge is 2.52. The van der Waals surface area contributed by atoms with Crippen LogP contribution in [0, 0.1) is 16.0 Å². The molecule has 0 saturated carbocycles. The fourth-order valence-corrected chi connectivity index (χ4v) is 3.40. The molecule has 3 rings (SSSR count). The first-order valence-corrected chi connectivity index (χ1v) is 9.01. The Kier molecular flexibility index (Phi) is 5.44. The molecule has 2 atom stereocenters. The van der Waals surface area contributed by atoms with Crippen LogP contribution < -0.4 is 4.74 Å². The van der Waals surface area contributed by atoms with Crippen molar-refractivity contribution in [1.82, 2.24) is 0 Å². The van der Waals surface area contributed by atoms with Crippen molar-refractivity contribution in [2.75, 3.05) is 13.7 Å². The number of carbonyl (C=O) groups excluding carboxylic acids is 1. The molecule has 7 heteroatoms. The van der Waals surface area contributed by atoms with E-state index < -0.39 is 29.1 Å². The van der Waals surface area contributed by atoms with Crippen molar-refractivity contribution in [3.8, 4) is 5.75 Å². The molecule has 1 aliphatic heterocycles. The van der Waals surface area contributed by atoms with Gasteiger partial charge in [-0.25, -0.2) is 9.79 Å². The number of nitrogens with zero attached hydrogens (tertiary/aromatic N) is 2. The third kappa shape index (κ3) is 3.60. The summed E-state index contributed by atoms with van der Waals surface area (Å²) in [5, 5.41) is 11.5. The predicted octanol–water partition coefficient (Wildman–Crippen LogP) is 3.56. The molecule has 2 aromatic rings. The van der Waals surface area contributed by atoms with Gasteiger partial charge in [-0.15, -0.1) is 0 Å². The van der Waals surface area contributed by atoms with Crippen molar-refractivity contribution in [2.45, 2.75) is 25.5 Å². The highest BCUT2D eigenvalue weighted by Crippen LogP contribution is 2.45. The number of nitro groups is 1. The highest BCUT2D eigenvalue weighted by molar-refractivity contribution is 6.38. The van der Waals surface area contributed by atoms with Gasteiger partial charge in [-0.3, -0.25) is 10.1 Å². The van der Waals surface area contributed by atoms with Gasteiger partial charge in [-0.1, -0.05) is 56.3 Å². The zero-order valence-electron chi connectivity index (χ0n) is 16.0. The molecule has 0 fully saturated rings. The summed E-state index contributed by atoms with van der Waals surface area (Å²) in [4.78, 5) is 28.4. The third-order valence-electron chi connectivity index (χ3n) is 4.80. The summed E-state index contributed by atoms with van der Waals surface area (Å²) < 4.78 is 11.0. The van der Waals surface area contributed by atoms with Crippen molar-refractivity contribution in [3.63, 3.8) is 0 Å². The summed E-state index contributed by atoms with van der Waals surface area (Å²) in [6.45, 7) is 3.25. The molecule has 0 amide bonds. The fraction of sp³-hybridized carbons (Fsp3) is 0.333. The number of aliphatic imine (C=N–C) groups is 1. The SMILES string of the molecule is COc1ccc([C@@H](C[N+](=O)[O-])[C@]2(c3ccccc3)N=C(C(C)C)C(=O)O2)cc1. The number of benzene rings is 2. The average Bonchev–Trinajstić information content (AvgIpc) is 3.05. The second kappa shape index (κ2) is 7.80. The minimum atomic E-state index is -1.49. The van der Waals surface area contributed by atoms with Crippen LogP contribution in [-0.2, 0) is 15.3 Å². The van der Waals surface area contributed by atoms with E-state index in [9.17, 15) is 14.9 Å². The van der Waals surface area contributed by atoms with Crippen molar-refractivity contribution in [1.29, 1.82) is 0 Å². The maximum Gasteiger partial charge on any atom is 0.355 e. The molecular formula is C21H22N2O5. The Morgan fingerprint density at radius 3 is 2.29 bits per heavy atom. The van der Waals surface area contributed by atoms with Gasteiger partial charge in [0.05, 0.1) is 7.11 Å². The second-order valence-electron chi connectivity index (χ2n) is 6.94. The number of carbonyl (C=O) groups is 1. The van der Waals surface area contributed by atoms with Gasteiger partial charge < -0.3 is 9.47 Å². The molecule has 0 unspecified atom stereocenters. The van der Waals surface area contributed by atoms with Crippen LogP contribution in [-0.4, -0.2) is 30.3 Å². The van der Waals surface area contributed by atoms with E-state index >= 15 is 0 Å². The van der Waals surface area contributed by atoms with Gasteiger partial charge in [0, 0.05) is 16.4 Å². The average molecular weight is 382 g/mol. The van der Waals surface area contributed by atoms with Crippen LogP contribution in [0.25, 0.3) is 0 Å². The second-order valence-corrected chi connectivity index (χ2v) is 6.94. The molecule has 28 heavy (non-hydrogen) atoms. The van der Waals surface area contributed by atoms with Gasteiger partial charge in [0.2, 0.25) is 12.3 Å². The fourth-order valence-electron chi connectivity index (χ4n) is 3.40. The van der Waals surface area contributed by atoms with Crippen molar-refractivity contribution >= 4 is 11.7 Å². The standard InChI is InChI=1S/C21H22N2O5/c1-14(2)19-20(24)28-21(22-19,16-7-5-4-6-8-16)18(13-23(25)26)15-9-11-17(27-3)12-10-15/h4-12,14,18H,13H2,1-3H3/t18-,21-/m1/s1. The Morgan fingerprint density at radius 1 is 1.14 bits per heavy atom. The lowest BCUT2D eigenvalue weighted by Crippen LogP contribution is -2.37. The van der Waals surface area contributed by atoms with Crippen LogP contribution in [0.4, 0.5) is 0 Å². The van der Waals surface area contributed by atoms with E-state index in [1.54, 1.807) is 55.6 Å². The molecular weight excluding hydrogens is 360 g/mol. The zero-order valence-corrected chi connectivity index (χ0v) is 16.0. The minimum Gasteiger partial charge on any atom is -0.497 e. The summed E-state index contributed by atoms with van der Waals surface area (Å²) in [5.41, 5.74) is 0.0369. The van der Waals surface area contributed by atoms with Crippen LogP contribution >= 0.6 is 0 Å². The lowest BCUT2D eigenvalue weighted by atomic mass is 9.83. The molecule has 146 valence electrons. The highest BCUT2D eigenvalue weighted by atomic mass is 16.6. The number of esters is 1. The lowest BCUT2D eigenvalue weighted by molar-refractivity contribution is -0.487.